The SMILES string of the molecule is CC(C)C(CNC(=O)c1ccccc1Br)C(C)C. The summed E-state index contributed by atoms with van der Waals surface area (Å²) in [6, 6.07) is 7.50. The Bertz CT molecular complexity index is 393. The minimum Gasteiger partial charge on any atom is -0.352 e. The number of hydrogen-bond acceptors (Lipinski definition) is 1. The predicted octanol–water partition coefficient (Wildman–Crippen LogP) is 4.11. The molecular formula is C15H22BrNO. The molecule has 0 aromatic heterocycles. The molecule has 0 bridgehead atoms. The van der Waals surface area contributed by atoms with E-state index in [0.29, 0.717) is 23.3 Å². The maximum absolute atomic E-state index is 12.1. The van der Waals surface area contributed by atoms with Crippen LogP contribution in [0.2, 0.25) is 0 Å². The third kappa shape index (κ3) is 4.13. The Labute approximate surface area is 118 Å². The quantitative estimate of drug-likeness (QED) is 0.871. The van der Waals surface area contributed by atoms with Gasteiger partial charge >= 0.3 is 0 Å². The number of carbonyl (C=O) groups excluding carboxylic acids is 1. The lowest BCUT2D eigenvalue weighted by atomic mass is 9.85. The molecule has 3 heteroatoms. The maximum atomic E-state index is 12.1. The topological polar surface area (TPSA) is 29.1 Å². The zero-order chi connectivity index (χ0) is 13.7. The summed E-state index contributed by atoms with van der Waals surface area (Å²) in [7, 11) is 0. The van der Waals surface area contributed by atoms with Gasteiger partial charge in [-0.2, -0.15) is 0 Å². The van der Waals surface area contributed by atoms with Crippen molar-refractivity contribution < 1.29 is 4.79 Å². The van der Waals surface area contributed by atoms with Crippen LogP contribution in [0.15, 0.2) is 28.7 Å². The van der Waals surface area contributed by atoms with Crippen molar-refractivity contribution in [2.45, 2.75) is 27.7 Å². The van der Waals surface area contributed by atoms with E-state index in [1.807, 2.05) is 24.3 Å². The van der Waals surface area contributed by atoms with Crippen LogP contribution in [-0.4, -0.2) is 12.5 Å². The number of nitrogens with one attached hydrogen (secondary N) is 1. The van der Waals surface area contributed by atoms with Crippen LogP contribution in [0.3, 0.4) is 0 Å². The summed E-state index contributed by atoms with van der Waals surface area (Å²) >= 11 is 3.40. The Hall–Kier alpha value is -0.830. The van der Waals surface area contributed by atoms with Crippen molar-refractivity contribution in [3.05, 3.63) is 34.3 Å². The number of carbonyl (C=O) groups is 1. The van der Waals surface area contributed by atoms with Crippen molar-refractivity contribution in [3.8, 4) is 0 Å². The second-order valence-corrected chi connectivity index (χ2v) is 6.20. The molecule has 1 aromatic rings. The van der Waals surface area contributed by atoms with E-state index in [1.165, 1.54) is 0 Å². The first kappa shape index (κ1) is 15.2. The van der Waals surface area contributed by atoms with Gasteiger partial charge in [0.1, 0.15) is 0 Å². The van der Waals surface area contributed by atoms with E-state index in [2.05, 4.69) is 48.9 Å². The van der Waals surface area contributed by atoms with Gasteiger partial charge in [-0.25, -0.2) is 0 Å². The highest BCUT2D eigenvalue weighted by Crippen LogP contribution is 2.20. The van der Waals surface area contributed by atoms with Gasteiger partial charge in [-0.05, 0) is 45.8 Å². The van der Waals surface area contributed by atoms with E-state index < -0.39 is 0 Å². The van der Waals surface area contributed by atoms with Crippen molar-refractivity contribution in [3.63, 3.8) is 0 Å². The van der Waals surface area contributed by atoms with Gasteiger partial charge in [0.15, 0.2) is 0 Å². The summed E-state index contributed by atoms with van der Waals surface area (Å²) in [5.41, 5.74) is 0.698. The Morgan fingerprint density at radius 2 is 1.72 bits per heavy atom. The van der Waals surface area contributed by atoms with E-state index in [4.69, 9.17) is 0 Å². The number of halogens is 1. The predicted molar refractivity (Wildman–Crippen MR) is 79.6 cm³/mol. The first-order valence-corrected chi connectivity index (χ1v) is 7.25. The smallest absolute Gasteiger partial charge is 0.252 e. The molecule has 100 valence electrons. The normalized spacial score (nSPS) is 11.3. The molecule has 1 aromatic carbocycles. The van der Waals surface area contributed by atoms with E-state index in [1.54, 1.807) is 0 Å². The van der Waals surface area contributed by atoms with Crippen LogP contribution >= 0.6 is 15.9 Å². The monoisotopic (exact) mass is 311 g/mol. The summed E-state index contributed by atoms with van der Waals surface area (Å²) in [6.45, 7) is 9.55. The van der Waals surface area contributed by atoms with Crippen LogP contribution in [0, 0.1) is 17.8 Å². The number of hydrogen-bond donors (Lipinski definition) is 1. The molecule has 0 saturated heterocycles. The molecule has 0 spiro atoms. The number of benzene rings is 1. The summed E-state index contributed by atoms with van der Waals surface area (Å²) in [6.07, 6.45) is 0. The molecule has 1 N–H and O–H groups in total. The Kier molecular flexibility index (Phi) is 5.86. The molecular weight excluding hydrogens is 290 g/mol. The lowest BCUT2D eigenvalue weighted by molar-refractivity contribution is 0.0936. The minimum absolute atomic E-state index is 0.00576. The Morgan fingerprint density at radius 3 is 2.22 bits per heavy atom. The third-order valence-corrected chi connectivity index (χ3v) is 4.02. The summed E-state index contributed by atoms with van der Waals surface area (Å²) in [5.74, 6) is 1.65. The standard InChI is InChI=1S/C15H22BrNO/c1-10(2)13(11(3)4)9-17-15(18)12-7-5-6-8-14(12)16/h5-8,10-11,13H,9H2,1-4H3,(H,17,18). The number of amides is 1. The van der Waals surface area contributed by atoms with Crippen molar-refractivity contribution in [1.82, 2.24) is 5.32 Å². The van der Waals surface area contributed by atoms with Gasteiger partial charge in [-0.15, -0.1) is 0 Å². The maximum Gasteiger partial charge on any atom is 0.252 e. The first-order chi connectivity index (χ1) is 8.43. The van der Waals surface area contributed by atoms with Crippen LogP contribution in [0.5, 0.6) is 0 Å². The van der Waals surface area contributed by atoms with Gasteiger partial charge in [0, 0.05) is 11.0 Å². The van der Waals surface area contributed by atoms with Gasteiger partial charge in [-0.1, -0.05) is 39.8 Å². The molecule has 0 radical (unpaired) electrons. The van der Waals surface area contributed by atoms with Gasteiger partial charge < -0.3 is 5.32 Å². The average molecular weight is 312 g/mol. The van der Waals surface area contributed by atoms with Crippen LogP contribution in [-0.2, 0) is 0 Å². The highest BCUT2D eigenvalue weighted by Gasteiger charge is 2.19. The lowest BCUT2D eigenvalue weighted by Crippen LogP contribution is -2.34. The molecule has 2 nitrogen and oxygen atoms in total. The second-order valence-electron chi connectivity index (χ2n) is 5.34. The van der Waals surface area contributed by atoms with Crippen LogP contribution in [0.25, 0.3) is 0 Å². The van der Waals surface area contributed by atoms with E-state index in [9.17, 15) is 4.79 Å². The fourth-order valence-electron chi connectivity index (χ4n) is 2.19. The molecule has 0 aliphatic carbocycles. The van der Waals surface area contributed by atoms with Crippen LogP contribution in [0.1, 0.15) is 38.1 Å². The molecule has 0 aliphatic rings. The third-order valence-electron chi connectivity index (χ3n) is 3.33. The molecule has 0 unspecified atom stereocenters. The summed E-state index contributed by atoms with van der Waals surface area (Å²) in [4.78, 5) is 12.1. The van der Waals surface area contributed by atoms with Crippen molar-refractivity contribution in [2.75, 3.05) is 6.54 Å². The van der Waals surface area contributed by atoms with Gasteiger partial charge in [0.2, 0.25) is 0 Å². The molecule has 1 rings (SSSR count). The van der Waals surface area contributed by atoms with Crippen molar-refractivity contribution in [2.24, 2.45) is 17.8 Å². The zero-order valence-corrected chi connectivity index (χ0v) is 13.1. The minimum atomic E-state index is -0.00576. The lowest BCUT2D eigenvalue weighted by Gasteiger charge is -2.25. The molecule has 1 amide bonds. The molecule has 0 atom stereocenters. The van der Waals surface area contributed by atoms with Crippen LogP contribution < -0.4 is 5.32 Å². The average Bonchev–Trinajstić information content (AvgIpc) is 2.28. The number of rotatable bonds is 5. The second kappa shape index (κ2) is 6.93. The molecule has 0 aliphatic heterocycles. The molecule has 0 saturated carbocycles. The van der Waals surface area contributed by atoms with E-state index >= 15 is 0 Å². The highest BCUT2D eigenvalue weighted by atomic mass is 79.9. The largest absolute Gasteiger partial charge is 0.352 e. The van der Waals surface area contributed by atoms with Gasteiger partial charge in [-0.3, -0.25) is 4.79 Å². The summed E-state index contributed by atoms with van der Waals surface area (Å²) < 4.78 is 0.841. The molecule has 0 fully saturated rings. The first-order valence-electron chi connectivity index (χ1n) is 6.46. The fraction of sp³-hybridized carbons (Fsp3) is 0.533. The fourth-order valence-corrected chi connectivity index (χ4v) is 2.66. The Morgan fingerprint density at radius 1 is 1.17 bits per heavy atom. The Balaban J connectivity index is 2.64. The van der Waals surface area contributed by atoms with Crippen molar-refractivity contribution >= 4 is 21.8 Å². The molecule has 0 heterocycles. The summed E-state index contributed by atoms with van der Waals surface area (Å²) in [5, 5.41) is 3.03. The molecule has 18 heavy (non-hydrogen) atoms. The van der Waals surface area contributed by atoms with E-state index in [-0.39, 0.29) is 5.91 Å². The van der Waals surface area contributed by atoms with Gasteiger partial charge in [0.25, 0.3) is 5.91 Å². The zero-order valence-electron chi connectivity index (χ0n) is 11.5. The van der Waals surface area contributed by atoms with Crippen molar-refractivity contribution in [1.29, 1.82) is 0 Å². The van der Waals surface area contributed by atoms with Gasteiger partial charge in [0.05, 0.1) is 5.56 Å². The van der Waals surface area contributed by atoms with E-state index in [0.717, 1.165) is 11.0 Å². The van der Waals surface area contributed by atoms with Crippen LogP contribution in [0.4, 0.5) is 0 Å². The highest BCUT2D eigenvalue weighted by molar-refractivity contribution is 9.10.